The SMILES string of the molecule is CCCCCCCCCCCCCCCCCC(=O)OC[C@H](CCOC(=O)[C@@H](NC(=O)OCc1ccccc1)C(C)C)Cn1cnc2c(Cl)nc(N)nc21. The molecule has 1 amide bonds. The molecule has 12 nitrogen and oxygen atoms in total. The Morgan fingerprint density at radius 1 is 0.833 bits per heavy atom. The molecule has 0 saturated heterocycles. The van der Waals surface area contributed by atoms with Gasteiger partial charge in [0.05, 0.1) is 19.5 Å². The monoisotopic (exact) mass is 770 g/mol. The second-order valence-electron chi connectivity index (χ2n) is 14.6. The number of alkyl carbamates (subject to hydrolysis) is 1. The molecule has 0 bridgehead atoms. The zero-order valence-corrected chi connectivity index (χ0v) is 33.5. The van der Waals surface area contributed by atoms with Crippen molar-refractivity contribution in [1.29, 1.82) is 0 Å². The number of nitrogens with one attached hydrogen (secondary N) is 1. The number of carbonyl (C=O) groups is 3. The number of hydrogen-bond acceptors (Lipinski definition) is 10. The Morgan fingerprint density at radius 3 is 2.06 bits per heavy atom. The number of carbonyl (C=O) groups excluding carboxylic acids is 3. The molecule has 3 rings (SSSR count). The van der Waals surface area contributed by atoms with Crippen molar-refractivity contribution < 1.29 is 28.6 Å². The fourth-order valence-electron chi connectivity index (χ4n) is 6.29. The number of nitrogen functional groups attached to an aromatic ring is 1. The summed E-state index contributed by atoms with van der Waals surface area (Å²) in [5, 5.41) is 2.77. The van der Waals surface area contributed by atoms with Crippen LogP contribution in [-0.2, 0) is 37.0 Å². The Morgan fingerprint density at radius 2 is 1.44 bits per heavy atom. The fraction of sp³-hybridized carbons (Fsp3) is 0.659. The summed E-state index contributed by atoms with van der Waals surface area (Å²) < 4.78 is 18.4. The summed E-state index contributed by atoms with van der Waals surface area (Å²) in [6, 6.07) is 8.38. The van der Waals surface area contributed by atoms with Gasteiger partial charge >= 0.3 is 18.0 Å². The molecule has 0 saturated carbocycles. The van der Waals surface area contributed by atoms with Gasteiger partial charge in [-0.3, -0.25) is 4.79 Å². The number of unbranched alkanes of at least 4 members (excludes halogenated alkanes) is 14. The molecule has 54 heavy (non-hydrogen) atoms. The molecular weight excluding hydrogens is 708 g/mol. The van der Waals surface area contributed by atoms with E-state index < -0.39 is 18.1 Å². The van der Waals surface area contributed by atoms with E-state index in [-0.39, 0.29) is 48.7 Å². The fourth-order valence-corrected chi connectivity index (χ4v) is 6.51. The van der Waals surface area contributed by atoms with Crippen molar-refractivity contribution >= 4 is 46.7 Å². The van der Waals surface area contributed by atoms with Crippen LogP contribution in [0.1, 0.15) is 135 Å². The van der Waals surface area contributed by atoms with Gasteiger partial charge in [-0.05, 0) is 24.3 Å². The van der Waals surface area contributed by atoms with Gasteiger partial charge in [0.15, 0.2) is 10.8 Å². The summed E-state index contributed by atoms with van der Waals surface area (Å²) in [4.78, 5) is 50.9. The van der Waals surface area contributed by atoms with Crippen molar-refractivity contribution in [2.75, 3.05) is 18.9 Å². The van der Waals surface area contributed by atoms with Gasteiger partial charge in [0.1, 0.15) is 18.2 Å². The number of hydrogen-bond donors (Lipinski definition) is 2. The van der Waals surface area contributed by atoms with Gasteiger partial charge in [0.25, 0.3) is 0 Å². The summed E-state index contributed by atoms with van der Waals surface area (Å²) in [6.45, 7) is 6.47. The quantitative estimate of drug-likeness (QED) is 0.0315. The van der Waals surface area contributed by atoms with Crippen LogP contribution in [-0.4, -0.2) is 56.8 Å². The first-order valence-electron chi connectivity index (χ1n) is 20.1. The van der Waals surface area contributed by atoms with Crippen LogP contribution in [0.5, 0.6) is 0 Å². The third kappa shape index (κ3) is 17.5. The first kappa shape index (κ1) is 44.5. The van der Waals surface area contributed by atoms with Gasteiger partial charge in [-0.2, -0.15) is 9.97 Å². The molecule has 0 unspecified atom stereocenters. The number of imidazole rings is 1. The first-order chi connectivity index (χ1) is 26.2. The van der Waals surface area contributed by atoms with Gasteiger partial charge in [-0.15, -0.1) is 0 Å². The van der Waals surface area contributed by atoms with E-state index in [0.29, 0.717) is 30.6 Å². The average Bonchev–Trinajstić information content (AvgIpc) is 3.56. The van der Waals surface area contributed by atoms with E-state index in [1.807, 2.05) is 44.2 Å². The molecule has 1 aromatic carbocycles. The molecule has 2 atom stereocenters. The van der Waals surface area contributed by atoms with Gasteiger partial charge in [-0.1, -0.05) is 153 Å². The normalized spacial score (nSPS) is 12.5. The number of nitrogens with zero attached hydrogens (tertiary/aromatic N) is 4. The zero-order valence-electron chi connectivity index (χ0n) is 32.7. The van der Waals surface area contributed by atoms with Crippen LogP contribution in [0.3, 0.4) is 0 Å². The lowest BCUT2D eigenvalue weighted by molar-refractivity contribution is -0.149. The van der Waals surface area contributed by atoms with Gasteiger partial charge in [-0.25, -0.2) is 14.6 Å². The minimum absolute atomic E-state index is 0.0178. The lowest BCUT2D eigenvalue weighted by atomic mass is 10.0. The average molecular weight is 771 g/mol. The zero-order chi connectivity index (χ0) is 39.0. The van der Waals surface area contributed by atoms with Crippen molar-refractivity contribution in [3.63, 3.8) is 0 Å². The molecule has 0 aliphatic heterocycles. The summed E-state index contributed by atoms with van der Waals surface area (Å²) in [6.07, 6.45) is 20.5. The number of benzene rings is 1. The highest BCUT2D eigenvalue weighted by atomic mass is 35.5. The molecule has 0 aliphatic carbocycles. The van der Waals surface area contributed by atoms with E-state index in [1.54, 1.807) is 10.9 Å². The molecule has 0 radical (unpaired) electrons. The minimum Gasteiger partial charge on any atom is -0.465 e. The van der Waals surface area contributed by atoms with Crippen molar-refractivity contribution in [1.82, 2.24) is 24.8 Å². The third-order valence-electron chi connectivity index (χ3n) is 9.54. The van der Waals surface area contributed by atoms with Gasteiger partial charge in [0, 0.05) is 18.9 Å². The largest absolute Gasteiger partial charge is 0.465 e. The van der Waals surface area contributed by atoms with Crippen molar-refractivity contribution in [3.05, 3.63) is 47.4 Å². The predicted octanol–water partition coefficient (Wildman–Crippen LogP) is 9.37. The van der Waals surface area contributed by atoms with Crippen LogP contribution in [0.25, 0.3) is 11.2 Å². The van der Waals surface area contributed by atoms with Crippen LogP contribution < -0.4 is 11.1 Å². The standard InChI is InChI=1S/C41H63ClN6O6/c1-4-5-6-7-8-9-10-11-12-13-14-15-16-17-21-24-34(49)53-29-33(27-48-30-44-36-37(42)46-40(43)47-38(36)48)25-26-52-39(50)35(31(2)3)45-41(51)54-28-32-22-19-18-20-23-32/h18-20,22-23,30-31,33,35H,4-17,21,24-29H2,1-3H3,(H,45,51)(H2,43,46,47)/t33-,35+/m1/s1. The number of esters is 2. The number of fused-ring (bicyclic) bond motifs is 1. The smallest absolute Gasteiger partial charge is 0.408 e. The number of ether oxygens (including phenoxy) is 3. The minimum atomic E-state index is -0.904. The van der Waals surface area contributed by atoms with E-state index in [1.165, 1.54) is 77.0 Å². The summed E-state index contributed by atoms with van der Waals surface area (Å²) in [5.74, 6) is -1.31. The molecule has 13 heteroatoms. The lowest BCUT2D eigenvalue weighted by Crippen LogP contribution is -2.45. The Labute approximate surface area is 326 Å². The maximum absolute atomic E-state index is 13.1. The van der Waals surface area contributed by atoms with Gasteiger partial charge < -0.3 is 29.8 Å². The maximum atomic E-state index is 13.1. The van der Waals surface area contributed by atoms with E-state index in [4.69, 9.17) is 31.5 Å². The Hall–Kier alpha value is -3.93. The highest BCUT2D eigenvalue weighted by Crippen LogP contribution is 2.22. The molecule has 2 aromatic heterocycles. The third-order valence-corrected chi connectivity index (χ3v) is 9.80. The highest BCUT2D eigenvalue weighted by molar-refractivity contribution is 6.33. The number of rotatable bonds is 28. The van der Waals surface area contributed by atoms with E-state index in [0.717, 1.165) is 24.8 Å². The second-order valence-corrected chi connectivity index (χ2v) is 14.9. The van der Waals surface area contributed by atoms with Crippen LogP contribution in [0, 0.1) is 11.8 Å². The lowest BCUT2D eigenvalue weighted by Gasteiger charge is -2.22. The van der Waals surface area contributed by atoms with Gasteiger partial charge in [0.2, 0.25) is 5.95 Å². The van der Waals surface area contributed by atoms with Crippen LogP contribution >= 0.6 is 11.6 Å². The van der Waals surface area contributed by atoms with E-state index in [9.17, 15) is 14.4 Å². The molecular formula is C41H63ClN6O6. The molecule has 2 heterocycles. The Balaban J connectivity index is 1.41. The number of anilines is 1. The number of halogens is 1. The second kappa shape index (κ2) is 26.0. The molecule has 300 valence electrons. The number of amides is 1. The van der Waals surface area contributed by atoms with Crippen LogP contribution in [0.4, 0.5) is 10.7 Å². The molecule has 0 spiro atoms. The summed E-state index contributed by atoms with van der Waals surface area (Å²) >= 11 is 6.24. The highest BCUT2D eigenvalue weighted by Gasteiger charge is 2.27. The molecule has 0 aliphatic rings. The first-order valence-corrected chi connectivity index (χ1v) is 20.5. The van der Waals surface area contributed by atoms with Crippen molar-refractivity contribution in [2.45, 2.75) is 149 Å². The van der Waals surface area contributed by atoms with Crippen molar-refractivity contribution in [2.24, 2.45) is 11.8 Å². The van der Waals surface area contributed by atoms with E-state index in [2.05, 4.69) is 27.2 Å². The molecule has 3 N–H and O–H groups in total. The van der Waals surface area contributed by atoms with E-state index >= 15 is 0 Å². The maximum Gasteiger partial charge on any atom is 0.408 e. The number of nitrogens with two attached hydrogens (primary N) is 1. The number of aromatic nitrogens is 4. The Kier molecular flexibility index (Phi) is 21.4. The molecule has 3 aromatic rings. The van der Waals surface area contributed by atoms with Crippen molar-refractivity contribution in [3.8, 4) is 0 Å². The predicted molar refractivity (Wildman–Crippen MR) is 213 cm³/mol. The van der Waals surface area contributed by atoms with Crippen LogP contribution in [0.15, 0.2) is 36.7 Å². The Bertz CT molecular complexity index is 1520. The molecule has 0 fully saturated rings. The van der Waals surface area contributed by atoms with Crippen LogP contribution in [0.2, 0.25) is 5.15 Å². The summed E-state index contributed by atoms with van der Waals surface area (Å²) in [5.41, 5.74) is 7.54. The topological polar surface area (TPSA) is 161 Å². The summed E-state index contributed by atoms with van der Waals surface area (Å²) in [7, 11) is 0.